The van der Waals surface area contributed by atoms with Crippen LogP contribution in [0, 0.1) is 40.5 Å². The standard InChI is InChI=1S/C8H13N5O10/c1-7(10(16)17,11(18)19)4-9(3-6(14)15)5-8(2,12(20)21)13(22)23/h3-5H2,1-2H3,(H,14,15). The zero-order valence-corrected chi connectivity index (χ0v) is 12.0. The molecule has 15 heteroatoms. The van der Waals surface area contributed by atoms with Crippen molar-refractivity contribution in [1.82, 2.24) is 4.90 Å². The molecule has 0 aromatic rings. The highest BCUT2D eigenvalue weighted by Gasteiger charge is 2.57. The van der Waals surface area contributed by atoms with Crippen LogP contribution in [0.25, 0.3) is 0 Å². The van der Waals surface area contributed by atoms with Gasteiger partial charge in [-0.1, -0.05) is 0 Å². The average Bonchev–Trinajstić information content (AvgIpc) is 2.36. The molecule has 0 spiro atoms. The van der Waals surface area contributed by atoms with E-state index in [1.807, 2.05) is 0 Å². The normalized spacial score (nSPS) is 12.0. The summed E-state index contributed by atoms with van der Waals surface area (Å²) in [5, 5.41) is 52.1. The van der Waals surface area contributed by atoms with Crippen molar-refractivity contribution in [3.63, 3.8) is 0 Å². The lowest BCUT2D eigenvalue weighted by Crippen LogP contribution is -2.59. The summed E-state index contributed by atoms with van der Waals surface area (Å²) in [5.74, 6) is -1.62. The van der Waals surface area contributed by atoms with E-state index in [2.05, 4.69) is 0 Å². The zero-order chi connectivity index (χ0) is 18.6. The Bertz CT molecular complexity index is 479. The molecule has 0 rings (SSSR count). The molecule has 0 aromatic heterocycles. The SMILES string of the molecule is CC(CN(CC(=O)O)CC(C)([N+](=O)[O-])[N+](=O)[O-])([N+](=O)[O-])[N+](=O)[O-]. The van der Waals surface area contributed by atoms with Gasteiger partial charge in [0.15, 0.2) is 0 Å². The molecular weight excluding hydrogens is 326 g/mol. The first-order valence-corrected chi connectivity index (χ1v) is 5.79. The highest BCUT2D eigenvalue weighted by molar-refractivity contribution is 5.69. The number of hydrogen-bond acceptors (Lipinski definition) is 10. The van der Waals surface area contributed by atoms with Gasteiger partial charge in [0, 0.05) is 0 Å². The second-order valence-electron chi connectivity index (χ2n) is 5.00. The molecule has 0 aliphatic rings. The summed E-state index contributed by atoms with van der Waals surface area (Å²) in [6, 6.07) is 0. The molecule has 0 heterocycles. The molecule has 23 heavy (non-hydrogen) atoms. The molecule has 0 atom stereocenters. The minimum Gasteiger partial charge on any atom is -0.480 e. The molecule has 0 saturated heterocycles. The largest absolute Gasteiger partial charge is 0.480 e. The van der Waals surface area contributed by atoms with Crippen molar-refractivity contribution in [2.24, 2.45) is 0 Å². The maximum absolute atomic E-state index is 10.8. The highest BCUT2D eigenvalue weighted by Crippen LogP contribution is 2.17. The molecule has 1 N–H and O–H groups in total. The summed E-state index contributed by atoms with van der Waals surface area (Å²) >= 11 is 0. The number of carbonyl (C=O) groups is 1. The van der Waals surface area contributed by atoms with E-state index in [0.29, 0.717) is 18.7 Å². The Labute approximate surface area is 127 Å². The van der Waals surface area contributed by atoms with E-state index in [9.17, 15) is 45.3 Å². The van der Waals surface area contributed by atoms with Gasteiger partial charge in [0.05, 0.1) is 40.1 Å². The highest BCUT2D eigenvalue weighted by atomic mass is 16.7. The van der Waals surface area contributed by atoms with Gasteiger partial charge < -0.3 is 5.11 Å². The van der Waals surface area contributed by atoms with Crippen LogP contribution in [0.5, 0.6) is 0 Å². The number of nitrogens with zero attached hydrogens (tertiary/aromatic N) is 5. The van der Waals surface area contributed by atoms with Crippen LogP contribution >= 0.6 is 0 Å². The Morgan fingerprint density at radius 2 is 1.13 bits per heavy atom. The van der Waals surface area contributed by atoms with Gasteiger partial charge in [0.25, 0.3) is 0 Å². The Morgan fingerprint density at radius 3 is 1.30 bits per heavy atom. The van der Waals surface area contributed by atoms with Crippen LogP contribution in [0.15, 0.2) is 0 Å². The maximum Gasteiger partial charge on any atom is 0.468 e. The van der Waals surface area contributed by atoms with Crippen molar-refractivity contribution in [2.45, 2.75) is 25.2 Å². The first-order chi connectivity index (χ1) is 10.3. The molecule has 0 bridgehead atoms. The zero-order valence-electron chi connectivity index (χ0n) is 12.0. The van der Waals surface area contributed by atoms with Gasteiger partial charge in [0.1, 0.15) is 13.1 Å². The number of nitro groups is 4. The van der Waals surface area contributed by atoms with E-state index in [0.717, 1.165) is 0 Å². The second kappa shape index (κ2) is 6.86. The smallest absolute Gasteiger partial charge is 0.468 e. The lowest BCUT2D eigenvalue weighted by Gasteiger charge is -2.24. The fourth-order valence-electron chi connectivity index (χ4n) is 1.57. The molecule has 0 aliphatic carbocycles. The van der Waals surface area contributed by atoms with E-state index >= 15 is 0 Å². The number of aliphatic carboxylic acids is 1. The van der Waals surface area contributed by atoms with Gasteiger partial charge in [0.2, 0.25) is 0 Å². The topological polar surface area (TPSA) is 213 Å². The van der Waals surface area contributed by atoms with Crippen molar-refractivity contribution in [2.75, 3.05) is 19.6 Å². The van der Waals surface area contributed by atoms with Gasteiger partial charge in [-0.3, -0.25) is 50.2 Å². The fraction of sp³-hybridized carbons (Fsp3) is 0.875. The van der Waals surface area contributed by atoms with Gasteiger partial charge in [-0.2, -0.15) is 0 Å². The van der Waals surface area contributed by atoms with E-state index < -0.39 is 56.6 Å². The van der Waals surface area contributed by atoms with Crippen LogP contribution in [-0.2, 0) is 4.79 Å². The van der Waals surface area contributed by atoms with E-state index in [-0.39, 0.29) is 0 Å². The molecule has 0 unspecified atom stereocenters. The monoisotopic (exact) mass is 339 g/mol. The minimum atomic E-state index is -2.89. The lowest BCUT2D eigenvalue weighted by atomic mass is 10.1. The third kappa shape index (κ3) is 4.50. The van der Waals surface area contributed by atoms with Crippen molar-refractivity contribution in [1.29, 1.82) is 0 Å². The summed E-state index contributed by atoms with van der Waals surface area (Å²) in [6.45, 7) is -2.29. The molecule has 0 amide bonds. The number of carboxylic acid groups (broad SMARTS) is 1. The molecule has 0 saturated carbocycles. The number of hydrogen-bond donors (Lipinski definition) is 1. The molecule has 15 nitrogen and oxygen atoms in total. The number of rotatable bonds is 10. The van der Waals surface area contributed by atoms with Crippen LogP contribution < -0.4 is 0 Å². The van der Waals surface area contributed by atoms with Crippen molar-refractivity contribution >= 4 is 5.97 Å². The van der Waals surface area contributed by atoms with Crippen molar-refractivity contribution < 1.29 is 29.6 Å². The van der Waals surface area contributed by atoms with Crippen LogP contribution in [-0.4, -0.2) is 66.6 Å². The van der Waals surface area contributed by atoms with Crippen LogP contribution in [0.3, 0.4) is 0 Å². The Balaban J connectivity index is 5.67. The van der Waals surface area contributed by atoms with Crippen LogP contribution in [0.2, 0.25) is 0 Å². The predicted molar refractivity (Wildman–Crippen MR) is 68.9 cm³/mol. The van der Waals surface area contributed by atoms with E-state index in [1.54, 1.807) is 0 Å². The first-order valence-electron chi connectivity index (χ1n) is 5.79. The predicted octanol–water partition coefficient (Wildman–Crippen LogP) is -1.09. The Hall–Kier alpha value is -2.97. The second-order valence-corrected chi connectivity index (χ2v) is 5.00. The summed E-state index contributed by atoms with van der Waals surface area (Å²) in [4.78, 5) is 49.3. The van der Waals surface area contributed by atoms with E-state index in [1.165, 1.54) is 0 Å². The Morgan fingerprint density at radius 1 is 0.870 bits per heavy atom. The summed E-state index contributed by atoms with van der Waals surface area (Å²) in [5.41, 5.74) is -5.77. The van der Waals surface area contributed by atoms with Gasteiger partial charge in [-0.25, -0.2) is 0 Å². The lowest BCUT2D eigenvalue weighted by molar-refractivity contribution is -0.798. The quantitative estimate of drug-likeness (QED) is 0.286. The third-order valence-electron chi connectivity index (χ3n) is 2.98. The molecule has 130 valence electrons. The summed E-state index contributed by atoms with van der Waals surface area (Å²) in [6.07, 6.45) is 0. The average molecular weight is 339 g/mol. The number of carboxylic acids is 1. The van der Waals surface area contributed by atoms with Crippen LogP contribution in [0.1, 0.15) is 13.8 Å². The van der Waals surface area contributed by atoms with Gasteiger partial charge in [-0.15, -0.1) is 0 Å². The molecule has 0 aromatic carbocycles. The van der Waals surface area contributed by atoms with Crippen molar-refractivity contribution in [3.05, 3.63) is 40.5 Å². The molecule has 0 fully saturated rings. The maximum atomic E-state index is 10.8. The minimum absolute atomic E-state index is 0.416. The molecule has 0 radical (unpaired) electrons. The molecular formula is C8H13N5O10. The molecule has 0 aliphatic heterocycles. The van der Waals surface area contributed by atoms with Crippen LogP contribution in [0.4, 0.5) is 0 Å². The fourth-order valence-corrected chi connectivity index (χ4v) is 1.57. The van der Waals surface area contributed by atoms with Crippen molar-refractivity contribution in [3.8, 4) is 0 Å². The first kappa shape index (κ1) is 20.0. The van der Waals surface area contributed by atoms with E-state index in [4.69, 9.17) is 5.11 Å². The summed E-state index contributed by atoms with van der Waals surface area (Å²) < 4.78 is 0. The van der Waals surface area contributed by atoms with Gasteiger partial charge >= 0.3 is 17.3 Å². The summed E-state index contributed by atoms with van der Waals surface area (Å²) in [7, 11) is 0. The third-order valence-corrected chi connectivity index (χ3v) is 2.98. The Kier molecular flexibility index (Phi) is 5.97. The van der Waals surface area contributed by atoms with Gasteiger partial charge in [-0.05, 0) is 0 Å².